The summed E-state index contributed by atoms with van der Waals surface area (Å²) in [7, 11) is 3.26. The maximum atomic E-state index is 13.2. The van der Waals surface area contributed by atoms with Gasteiger partial charge in [0.25, 0.3) is 5.91 Å². The molecule has 144 valence electrons. The first-order valence-corrected chi connectivity index (χ1v) is 9.18. The predicted molar refractivity (Wildman–Crippen MR) is 104 cm³/mol. The fourth-order valence-corrected chi connectivity index (χ4v) is 3.65. The molecule has 1 fully saturated rings. The van der Waals surface area contributed by atoms with Crippen LogP contribution in [0.5, 0.6) is 11.5 Å². The molecular formula is C21H22N4O3. The van der Waals surface area contributed by atoms with Crippen molar-refractivity contribution in [3.63, 3.8) is 0 Å². The largest absolute Gasteiger partial charge is 0.497 e. The van der Waals surface area contributed by atoms with Crippen LogP contribution < -0.4 is 9.47 Å². The Bertz CT molecular complexity index is 954. The van der Waals surface area contributed by atoms with E-state index < -0.39 is 0 Å². The monoisotopic (exact) mass is 378 g/mol. The van der Waals surface area contributed by atoms with Crippen molar-refractivity contribution in [3.05, 3.63) is 66.4 Å². The first-order valence-electron chi connectivity index (χ1n) is 9.18. The van der Waals surface area contributed by atoms with E-state index in [1.54, 1.807) is 37.5 Å². The molecule has 1 aliphatic rings. The number of carbonyl (C=O) groups excluding carboxylic acids is 1. The van der Waals surface area contributed by atoms with Crippen LogP contribution in [0.4, 0.5) is 0 Å². The molecule has 1 saturated heterocycles. The third kappa shape index (κ3) is 3.31. The number of hydrogen-bond donors (Lipinski definition) is 0. The lowest BCUT2D eigenvalue weighted by Gasteiger charge is -2.26. The minimum atomic E-state index is -0.0262. The predicted octanol–water partition coefficient (Wildman–Crippen LogP) is 3.26. The van der Waals surface area contributed by atoms with Crippen LogP contribution >= 0.6 is 0 Å². The van der Waals surface area contributed by atoms with E-state index in [-0.39, 0.29) is 11.9 Å². The van der Waals surface area contributed by atoms with Crippen LogP contribution in [0.1, 0.15) is 34.8 Å². The second-order valence-electron chi connectivity index (χ2n) is 6.64. The molecule has 0 N–H and O–H groups in total. The maximum absolute atomic E-state index is 13.2. The molecule has 1 unspecified atom stereocenters. The zero-order valence-electron chi connectivity index (χ0n) is 15.9. The van der Waals surface area contributed by atoms with Gasteiger partial charge < -0.3 is 14.4 Å². The minimum Gasteiger partial charge on any atom is -0.497 e. The molecule has 0 radical (unpaired) electrons. The van der Waals surface area contributed by atoms with E-state index in [0.717, 1.165) is 35.7 Å². The van der Waals surface area contributed by atoms with Crippen molar-refractivity contribution >= 4 is 5.91 Å². The van der Waals surface area contributed by atoms with E-state index in [2.05, 4.69) is 9.97 Å². The van der Waals surface area contributed by atoms with E-state index in [1.807, 2.05) is 41.4 Å². The molecule has 0 spiro atoms. The molecule has 0 bridgehead atoms. The molecule has 1 aromatic carbocycles. The first-order chi connectivity index (χ1) is 13.7. The van der Waals surface area contributed by atoms with Crippen molar-refractivity contribution in [2.75, 3.05) is 20.8 Å². The molecule has 7 heteroatoms. The van der Waals surface area contributed by atoms with Gasteiger partial charge in [-0.25, -0.2) is 9.97 Å². The van der Waals surface area contributed by atoms with Gasteiger partial charge in [0.05, 0.1) is 25.8 Å². The molecule has 1 atom stereocenters. The average molecular weight is 378 g/mol. The summed E-state index contributed by atoms with van der Waals surface area (Å²) in [6.45, 7) is 0.710. The third-order valence-electron chi connectivity index (χ3n) is 5.08. The molecule has 1 amide bonds. The Morgan fingerprint density at radius 2 is 2.07 bits per heavy atom. The van der Waals surface area contributed by atoms with Crippen molar-refractivity contribution in [3.8, 4) is 17.3 Å². The third-order valence-corrected chi connectivity index (χ3v) is 5.08. The van der Waals surface area contributed by atoms with Crippen molar-refractivity contribution in [1.82, 2.24) is 19.4 Å². The number of pyridine rings is 1. The lowest BCUT2D eigenvalue weighted by molar-refractivity contribution is 0.0733. The summed E-state index contributed by atoms with van der Waals surface area (Å²) >= 11 is 0. The number of nitrogens with zero attached hydrogens (tertiary/aromatic N) is 4. The van der Waals surface area contributed by atoms with Gasteiger partial charge in [0.2, 0.25) is 0 Å². The Morgan fingerprint density at radius 1 is 1.18 bits per heavy atom. The van der Waals surface area contributed by atoms with Gasteiger partial charge in [-0.05, 0) is 37.1 Å². The van der Waals surface area contributed by atoms with Crippen molar-refractivity contribution in [2.24, 2.45) is 0 Å². The summed E-state index contributed by atoms with van der Waals surface area (Å²) in [6.07, 6.45) is 8.66. The minimum absolute atomic E-state index is 0.0231. The van der Waals surface area contributed by atoms with Gasteiger partial charge in [0.15, 0.2) is 0 Å². The Balaban J connectivity index is 1.59. The Hall–Kier alpha value is -3.35. The lowest BCUT2D eigenvalue weighted by Crippen LogP contribution is -2.30. The molecule has 0 saturated carbocycles. The second kappa shape index (κ2) is 7.72. The SMILES string of the molecule is COc1ccc(C2CCCN2C(=O)c2ccc(-n3ccnc3)nc2)c(OC)c1. The van der Waals surface area contributed by atoms with Gasteiger partial charge in [0.1, 0.15) is 23.6 Å². The van der Waals surface area contributed by atoms with Crippen LogP contribution in [-0.4, -0.2) is 46.1 Å². The van der Waals surface area contributed by atoms with E-state index in [0.29, 0.717) is 12.1 Å². The van der Waals surface area contributed by atoms with Crippen molar-refractivity contribution < 1.29 is 14.3 Å². The van der Waals surface area contributed by atoms with Crippen molar-refractivity contribution in [1.29, 1.82) is 0 Å². The highest BCUT2D eigenvalue weighted by molar-refractivity contribution is 5.94. The summed E-state index contributed by atoms with van der Waals surface area (Å²) in [5.41, 5.74) is 1.57. The number of methoxy groups -OCH3 is 2. The summed E-state index contributed by atoms with van der Waals surface area (Å²) in [5, 5.41) is 0. The number of hydrogen-bond acceptors (Lipinski definition) is 5. The molecule has 1 aliphatic heterocycles. The summed E-state index contributed by atoms with van der Waals surface area (Å²) in [6, 6.07) is 9.35. The van der Waals surface area contributed by atoms with Crippen LogP contribution in [-0.2, 0) is 0 Å². The number of rotatable bonds is 5. The van der Waals surface area contributed by atoms with E-state index >= 15 is 0 Å². The highest BCUT2D eigenvalue weighted by atomic mass is 16.5. The van der Waals surface area contributed by atoms with Crippen LogP contribution in [0, 0.1) is 0 Å². The summed E-state index contributed by atoms with van der Waals surface area (Å²) < 4.78 is 12.6. The number of imidazole rings is 1. The van der Waals surface area contributed by atoms with E-state index in [4.69, 9.17) is 9.47 Å². The van der Waals surface area contributed by atoms with Crippen LogP contribution in [0.25, 0.3) is 5.82 Å². The Morgan fingerprint density at radius 3 is 2.75 bits per heavy atom. The zero-order chi connectivity index (χ0) is 19.5. The van der Waals surface area contributed by atoms with E-state index in [9.17, 15) is 4.79 Å². The fourth-order valence-electron chi connectivity index (χ4n) is 3.65. The second-order valence-corrected chi connectivity index (χ2v) is 6.64. The molecule has 4 rings (SSSR count). The Kier molecular flexibility index (Phi) is 4.97. The van der Waals surface area contributed by atoms with Gasteiger partial charge in [-0.1, -0.05) is 0 Å². The molecule has 3 heterocycles. The Labute approximate surface area is 163 Å². The zero-order valence-corrected chi connectivity index (χ0v) is 15.9. The van der Waals surface area contributed by atoms with Gasteiger partial charge in [0, 0.05) is 36.8 Å². The van der Waals surface area contributed by atoms with Crippen LogP contribution in [0.2, 0.25) is 0 Å². The summed E-state index contributed by atoms with van der Waals surface area (Å²) in [5.74, 6) is 2.17. The number of carbonyl (C=O) groups is 1. The quantitative estimate of drug-likeness (QED) is 0.682. The standard InChI is InChI=1S/C21H22N4O3/c1-27-16-6-7-17(19(12-16)28-2)18-4-3-10-25(18)21(26)15-5-8-20(23-13-15)24-11-9-22-14-24/h5-9,11-14,18H,3-4,10H2,1-2H3. The number of amides is 1. The molecular weight excluding hydrogens is 356 g/mol. The van der Waals surface area contributed by atoms with Crippen molar-refractivity contribution in [2.45, 2.75) is 18.9 Å². The van der Waals surface area contributed by atoms with Gasteiger partial charge >= 0.3 is 0 Å². The maximum Gasteiger partial charge on any atom is 0.255 e. The van der Waals surface area contributed by atoms with Crippen LogP contribution in [0.15, 0.2) is 55.2 Å². The first kappa shape index (κ1) is 18.0. The number of benzene rings is 1. The molecule has 0 aliphatic carbocycles. The van der Waals surface area contributed by atoms with Gasteiger partial charge in [-0.15, -0.1) is 0 Å². The van der Waals surface area contributed by atoms with Gasteiger partial charge in [-0.3, -0.25) is 9.36 Å². The fraction of sp³-hybridized carbons (Fsp3) is 0.286. The number of aromatic nitrogens is 3. The normalized spacial score (nSPS) is 16.2. The molecule has 7 nitrogen and oxygen atoms in total. The highest BCUT2D eigenvalue weighted by Crippen LogP contribution is 2.39. The molecule has 28 heavy (non-hydrogen) atoms. The highest BCUT2D eigenvalue weighted by Gasteiger charge is 2.32. The molecule has 2 aromatic heterocycles. The average Bonchev–Trinajstić information content (AvgIpc) is 3.45. The van der Waals surface area contributed by atoms with Crippen LogP contribution in [0.3, 0.4) is 0 Å². The number of likely N-dealkylation sites (tertiary alicyclic amines) is 1. The smallest absolute Gasteiger partial charge is 0.255 e. The lowest BCUT2D eigenvalue weighted by atomic mass is 10.0. The summed E-state index contributed by atoms with van der Waals surface area (Å²) in [4.78, 5) is 23.5. The molecule has 3 aromatic rings. The van der Waals surface area contributed by atoms with E-state index in [1.165, 1.54) is 0 Å². The number of ether oxygens (including phenoxy) is 2. The van der Waals surface area contributed by atoms with Gasteiger partial charge in [-0.2, -0.15) is 0 Å². The topological polar surface area (TPSA) is 69.5 Å².